The Bertz CT molecular complexity index is 348. The first-order valence-electron chi connectivity index (χ1n) is 4.91. The standard InChI is InChI=1S/C11H13NO/c13-10-5-7-12-6-4-8-2-1-3-9(10)11(8)12/h1-3,10,13H,4-7H2. The quantitative estimate of drug-likeness (QED) is 0.645. The molecule has 3 rings (SSSR count). The van der Waals surface area contributed by atoms with E-state index in [-0.39, 0.29) is 6.10 Å². The number of anilines is 1. The molecule has 2 aliphatic heterocycles. The van der Waals surface area contributed by atoms with Crippen LogP contribution in [0.2, 0.25) is 0 Å². The van der Waals surface area contributed by atoms with Gasteiger partial charge in [-0.3, -0.25) is 0 Å². The maximum atomic E-state index is 9.80. The summed E-state index contributed by atoms with van der Waals surface area (Å²) in [6, 6.07) is 6.30. The Labute approximate surface area is 77.8 Å². The molecule has 2 aliphatic rings. The summed E-state index contributed by atoms with van der Waals surface area (Å²) in [6.45, 7) is 2.16. The molecule has 1 aromatic carbocycles. The second-order valence-corrected chi connectivity index (χ2v) is 3.90. The van der Waals surface area contributed by atoms with Gasteiger partial charge in [-0.15, -0.1) is 0 Å². The molecular formula is C11H13NO. The van der Waals surface area contributed by atoms with Crippen LogP contribution in [0.15, 0.2) is 18.2 Å². The van der Waals surface area contributed by atoms with Crippen molar-refractivity contribution >= 4 is 5.69 Å². The van der Waals surface area contributed by atoms with Gasteiger partial charge in [0.1, 0.15) is 0 Å². The largest absolute Gasteiger partial charge is 0.388 e. The van der Waals surface area contributed by atoms with Crippen molar-refractivity contribution in [1.82, 2.24) is 0 Å². The van der Waals surface area contributed by atoms with Crippen LogP contribution in [0.3, 0.4) is 0 Å². The molecule has 0 fully saturated rings. The smallest absolute Gasteiger partial charge is 0.0827 e. The molecule has 2 heteroatoms. The van der Waals surface area contributed by atoms with Gasteiger partial charge in [0.15, 0.2) is 0 Å². The van der Waals surface area contributed by atoms with Crippen molar-refractivity contribution in [3.05, 3.63) is 29.3 Å². The molecule has 1 unspecified atom stereocenters. The lowest BCUT2D eigenvalue weighted by molar-refractivity contribution is 0.165. The summed E-state index contributed by atoms with van der Waals surface area (Å²) in [5.74, 6) is 0. The van der Waals surface area contributed by atoms with Gasteiger partial charge in [-0.1, -0.05) is 18.2 Å². The zero-order chi connectivity index (χ0) is 8.84. The van der Waals surface area contributed by atoms with E-state index < -0.39 is 0 Å². The van der Waals surface area contributed by atoms with E-state index in [0.717, 1.165) is 31.5 Å². The summed E-state index contributed by atoms with van der Waals surface area (Å²) < 4.78 is 0. The molecule has 1 N–H and O–H groups in total. The van der Waals surface area contributed by atoms with E-state index in [2.05, 4.69) is 23.1 Å². The first kappa shape index (κ1) is 7.39. The summed E-state index contributed by atoms with van der Waals surface area (Å²) in [6.07, 6.45) is 1.80. The Balaban J connectivity index is 2.22. The van der Waals surface area contributed by atoms with Crippen LogP contribution in [-0.4, -0.2) is 18.2 Å². The van der Waals surface area contributed by atoms with Crippen LogP contribution in [0.5, 0.6) is 0 Å². The highest BCUT2D eigenvalue weighted by molar-refractivity contribution is 5.65. The van der Waals surface area contributed by atoms with Crippen LogP contribution in [0.1, 0.15) is 23.7 Å². The van der Waals surface area contributed by atoms with E-state index in [4.69, 9.17) is 0 Å². The Hall–Kier alpha value is -1.02. The van der Waals surface area contributed by atoms with Crippen molar-refractivity contribution in [2.45, 2.75) is 18.9 Å². The monoisotopic (exact) mass is 175 g/mol. The van der Waals surface area contributed by atoms with E-state index in [1.165, 1.54) is 11.3 Å². The average molecular weight is 175 g/mol. The lowest BCUT2D eigenvalue weighted by atomic mass is 9.98. The number of aliphatic hydroxyl groups is 1. The van der Waals surface area contributed by atoms with Crippen molar-refractivity contribution in [3.63, 3.8) is 0 Å². The minimum Gasteiger partial charge on any atom is -0.388 e. The van der Waals surface area contributed by atoms with Crippen molar-refractivity contribution in [2.75, 3.05) is 18.0 Å². The Morgan fingerprint density at radius 1 is 1.31 bits per heavy atom. The summed E-state index contributed by atoms with van der Waals surface area (Å²) in [4.78, 5) is 2.40. The van der Waals surface area contributed by atoms with E-state index in [1.54, 1.807) is 0 Å². The van der Waals surface area contributed by atoms with Gasteiger partial charge in [0.25, 0.3) is 0 Å². The molecule has 0 saturated carbocycles. The molecule has 1 atom stereocenters. The van der Waals surface area contributed by atoms with E-state index in [1.807, 2.05) is 0 Å². The summed E-state index contributed by atoms with van der Waals surface area (Å²) in [5, 5.41) is 9.80. The third-order valence-electron chi connectivity index (χ3n) is 3.15. The van der Waals surface area contributed by atoms with Gasteiger partial charge in [0, 0.05) is 24.3 Å². The van der Waals surface area contributed by atoms with E-state index >= 15 is 0 Å². The fourth-order valence-corrected chi connectivity index (χ4v) is 2.49. The van der Waals surface area contributed by atoms with E-state index in [0.29, 0.717) is 0 Å². The van der Waals surface area contributed by atoms with Gasteiger partial charge in [0.2, 0.25) is 0 Å². The van der Waals surface area contributed by atoms with Crippen LogP contribution in [-0.2, 0) is 6.42 Å². The zero-order valence-corrected chi connectivity index (χ0v) is 7.53. The third-order valence-corrected chi connectivity index (χ3v) is 3.15. The highest BCUT2D eigenvalue weighted by Gasteiger charge is 2.29. The Morgan fingerprint density at radius 3 is 3.15 bits per heavy atom. The van der Waals surface area contributed by atoms with Gasteiger partial charge >= 0.3 is 0 Å². The molecule has 13 heavy (non-hydrogen) atoms. The second-order valence-electron chi connectivity index (χ2n) is 3.90. The number of rotatable bonds is 0. The number of hydrogen-bond donors (Lipinski definition) is 1. The molecule has 0 aliphatic carbocycles. The highest BCUT2D eigenvalue weighted by atomic mass is 16.3. The SMILES string of the molecule is OC1CCN2CCc3cccc1c32. The van der Waals surface area contributed by atoms with Crippen molar-refractivity contribution in [2.24, 2.45) is 0 Å². The van der Waals surface area contributed by atoms with Crippen LogP contribution >= 0.6 is 0 Å². The molecule has 0 bridgehead atoms. The number of hydrogen-bond acceptors (Lipinski definition) is 2. The van der Waals surface area contributed by atoms with Gasteiger partial charge in [-0.2, -0.15) is 0 Å². The van der Waals surface area contributed by atoms with Crippen molar-refractivity contribution < 1.29 is 5.11 Å². The lowest BCUT2D eigenvalue weighted by Gasteiger charge is -2.30. The fourth-order valence-electron chi connectivity index (χ4n) is 2.49. The number of aliphatic hydroxyl groups excluding tert-OH is 1. The summed E-state index contributed by atoms with van der Waals surface area (Å²) in [7, 11) is 0. The van der Waals surface area contributed by atoms with Crippen LogP contribution in [0, 0.1) is 0 Å². The van der Waals surface area contributed by atoms with Crippen LogP contribution < -0.4 is 4.90 Å². The van der Waals surface area contributed by atoms with Crippen molar-refractivity contribution in [3.8, 4) is 0 Å². The lowest BCUT2D eigenvalue weighted by Crippen LogP contribution is -2.28. The molecule has 0 amide bonds. The van der Waals surface area contributed by atoms with Gasteiger partial charge in [0.05, 0.1) is 6.10 Å². The molecule has 2 heterocycles. The first-order chi connectivity index (χ1) is 6.36. The van der Waals surface area contributed by atoms with Gasteiger partial charge < -0.3 is 10.0 Å². The summed E-state index contributed by atoms with van der Waals surface area (Å²) >= 11 is 0. The predicted octanol–water partition coefficient (Wildman–Crippen LogP) is 1.49. The van der Waals surface area contributed by atoms with E-state index in [9.17, 15) is 5.11 Å². The average Bonchev–Trinajstić information content (AvgIpc) is 2.57. The molecule has 0 aromatic heterocycles. The molecule has 2 nitrogen and oxygen atoms in total. The number of para-hydroxylation sites is 1. The predicted molar refractivity (Wildman–Crippen MR) is 51.9 cm³/mol. The maximum absolute atomic E-state index is 9.80. The topological polar surface area (TPSA) is 23.5 Å². The summed E-state index contributed by atoms with van der Waals surface area (Å²) in [5.41, 5.74) is 3.87. The number of benzene rings is 1. The molecular weight excluding hydrogens is 162 g/mol. The molecule has 0 radical (unpaired) electrons. The molecule has 68 valence electrons. The van der Waals surface area contributed by atoms with Crippen molar-refractivity contribution in [1.29, 1.82) is 0 Å². The van der Waals surface area contributed by atoms with Gasteiger partial charge in [-0.25, -0.2) is 0 Å². The zero-order valence-electron chi connectivity index (χ0n) is 7.53. The van der Waals surface area contributed by atoms with Crippen LogP contribution in [0.4, 0.5) is 5.69 Å². The Kier molecular flexibility index (Phi) is 1.41. The molecule has 1 aromatic rings. The second kappa shape index (κ2) is 2.48. The van der Waals surface area contributed by atoms with Gasteiger partial charge in [-0.05, 0) is 18.4 Å². The molecule has 0 saturated heterocycles. The fraction of sp³-hybridized carbons (Fsp3) is 0.455. The maximum Gasteiger partial charge on any atom is 0.0827 e. The molecule has 0 spiro atoms. The van der Waals surface area contributed by atoms with Crippen LogP contribution in [0.25, 0.3) is 0 Å². The normalized spacial score (nSPS) is 24.7. The minimum atomic E-state index is -0.232. The Morgan fingerprint density at radius 2 is 2.23 bits per heavy atom. The number of nitrogens with zero attached hydrogens (tertiary/aromatic N) is 1. The highest BCUT2D eigenvalue weighted by Crippen LogP contribution is 2.39. The minimum absolute atomic E-state index is 0.232. The third kappa shape index (κ3) is 0.923. The first-order valence-corrected chi connectivity index (χ1v) is 4.91.